The first-order valence-electron chi connectivity index (χ1n) is 12.8. The maximum Gasteiger partial charge on any atom is 0.121 e. The van der Waals surface area contributed by atoms with Crippen molar-refractivity contribution in [1.82, 2.24) is 0 Å². The molecule has 0 radical (unpaired) electrons. The Balaban J connectivity index is 1.56. The quantitative estimate of drug-likeness (QED) is 0.332. The highest BCUT2D eigenvalue weighted by Crippen LogP contribution is 2.41. The number of halogens is 1. The molecule has 1 saturated heterocycles. The number of aliphatic hydroxyl groups is 2. The van der Waals surface area contributed by atoms with E-state index >= 15 is 0 Å². The monoisotopic (exact) mass is 525 g/mol. The van der Waals surface area contributed by atoms with Crippen LogP contribution in [0.4, 0.5) is 0 Å². The second-order valence-electron chi connectivity index (χ2n) is 9.54. The average Bonchev–Trinajstić information content (AvgIpc) is 2.94. The van der Waals surface area contributed by atoms with Gasteiger partial charge in [0, 0.05) is 24.4 Å². The van der Waals surface area contributed by atoms with Crippen LogP contribution in [0.25, 0.3) is 0 Å². The molecule has 1 aliphatic rings. The lowest BCUT2D eigenvalue weighted by molar-refractivity contribution is -0.229. The normalized spacial score (nSPS) is 22.5. The van der Waals surface area contributed by atoms with Crippen molar-refractivity contribution in [3.05, 3.63) is 100 Å². The Morgan fingerprint density at radius 2 is 1.84 bits per heavy atom. The Morgan fingerprint density at radius 1 is 1.08 bits per heavy atom. The van der Waals surface area contributed by atoms with Crippen LogP contribution >= 0.6 is 11.6 Å². The molecule has 3 unspecified atom stereocenters. The van der Waals surface area contributed by atoms with Crippen molar-refractivity contribution in [1.29, 1.82) is 0 Å². The molecule has 4 N–H and O–H groups in total. The fourth-order valence-corrected chi connectivity index (χ4v) is 5.05. The topological polar surface area (TPSA) is 94.2 Å². The molecule has 1 fully saturated rings. The zero-order chi connectivity index (χ0) is 26.3. The largest absolute Gasteiger partial charge is 0.494 e. The first-order valence-corrected chi connectivity index (χ1v) is 13.2. The van der Waals surface area contributed by atoms with Gasteiger partial charge in [0.2, 0.25) is 0 Å². The fourth-order valence-electron chi connectivity index (χ4n) is 4.86. The highest BCUT2D eigenvalue weighted by Gasteiger charge is 2.47. The summed E-state index contributed by atoms with van der Waals surface area (Å²) in [5.41, 5.74) is 8.65. The van der Waals surface area contributed by atoms with Crippen molar-refractivity contribution >= 4 is 11.6 Å². The van der Waals surface area contributed by atoms with Crippen LogP contribution in [0.2, 0.25) is 5.02 Å². The molecule has 3 aromatic rings. The SMILES string of the molecule is CCOc1ccc(Cc2cc(C3CC(OCc4ccccc4)C[C@@](CO)(C(O)CN)O3)ccc2Cl)cc1. The summed E-state index contributed by atoms with van der Waals surface area (Å²) in [5.74, 6) is 0.835. The van der Waals surface area contributed by atoms with Gasteiger partial charge in [-0.15, -0.1) is 0 Å². The molecule has 3 aromatic carbocycles. The van der Waals surface area contributed by atoms with E-state index in [0.29, 0.717) is 37.5 Å². The number of ether oxygens (including phenoxy) is 3. The van der Waals surface area contributed by atoms with E-state index in [0.717, 1.165) is 28.0 Å². The zero-order valence-corrected chi connectivity index (χ0v) is 21.9. The Morgan fingerprint density at radius 3 is 2.51 bits per heavy atom. The van der Waals surface area contributed by atoms with Crippen molar-refractivity contribution in [2.24, 2.45) is 5.73 Å². The van der Waals surface area contributed by atoms with Crippen LogP contribution in [-0.4, -0.2) is 47.8 Å². The van der Waals surface area contributed by atoms with Gasteiger partial charge >= 0.3 is 0 Å². The third-order valence-corrected chi connectivity index (χ3v) is 7.29. The van der Waals surface area contributed by atoms with Gasteiger partial charge in [0.15, 0.2) is 0 Å². The minimum absolute atomic E-state index is 0.0255. The van der Waals surface area contributed by atoms with Crippen LogP contribution < -0.4 is 10.5 Å². The second kappa shape index (κ2) is 12.9. The van der Waals surface area contributed by atoms with Gasteiger partial charge in [-0.25, -0.2) is 0 Å². The van der Waals surface area contributed by atoms with E-state index in [1.165, 1.54) is 0 Å². The minimum Gasteiger partial charge on any atom is -0.494 e. The first kappa shape index (κ1) is 27.6. The Bertz CT molecular complexity index is 1130. The van der Waals surface area contributed by atoms with Crippen molar-refractivity contribution in [3.63, 3.8) is 0 Å². The van der Waals surface area contributed by atoms with Gasteiger partial charge in [-0.05, 0) is 53.8 Å². The molecule has 4 rings (SSSR count). The number of rotatable bonds is 11. The zero-order valence-electron chi connectivity index (χ0n) is 21.2. The summed E-state index contributed by atoms with van der Waals surface area (Å²) in [4.78, 5) is 0. The maximum absolute atomic E-state index is 10.8. The summed E-state index contributed by atoms with van der Waals surface area (Å²) >= 11 is 6.58. The van der Waals surface area contributed by atoms with Gasteiger partial charge in [0.05, 0.1) is 38.1 Å². The molecule has 37 heavy (non-hydrogen) atoms. The molecule has 6 nitrogen and oxygen atoms in total. The molecular formula is C30H36ClNO5. The van der Waals surface area contributed by atoms with Crippen LogP contribution in [0.5, 0.6) is 5.75 Å². The number of nitrogens with two attached hydrogens (primary N) is 1. The Kier molecular flexibility index (Phi) is 9.60. The summed E-state index contributed by atoms with van der Waals surface area (Å²) in [7, 11) is 0. The van der Waals surface area contributed by atoms with E-state index in [-0.39, 0.29) is 19.3 Å². The van der Waals surface area contributed by atoms with Crippen LogP contribution in [0, 0.1) is 0 Å². The van der Waals surface area contributed by atoms with Crippen molar-refractivity contribution in [2.45, 2.75) is 56.7 Å². The summed E-state index contributed by atoms with van der Waals surface area (Å²) in [5, 5.41) is 21.8. The number of hydrogen-bond acceptors (Lipinski definition) is 6. The highest BCUT2D eigenvalue weighted by molar-refractivity contribution is 6.31. The minimum atomic E-state index is -1.21. The highest BCUT2D eigenvalue weighted by atomic mass is 35.5. The number of hydrogen-bond donors (Lipinski definition) is 3. The van der Waals surface area contributed by atoms with Crippen molar-refractivity contribution < 1.29 is 24.4 Å². The van der Waals surface area contributed by atoms with Crippen LogP contribution in [0.1, 0.15) is 48.1 Å². The molecule has 0 amide bonds. The lowest BCUT2D eigenvalue weighted by Crippen LogP contribution is -2.56. The molecule has 0 aromatic heterocycles. The molecule has 4 atom stereocenters. The Hall–Kier alpha value is -2.45. The van der Waals surface area contributed by atoms with E-state index in [4.69, 9.17) is 31.5 Å². The molecule has 0 aliphatic carbocycles. The summed E-state index contributed by atoms with van der Waals surface area (Å²) < 4.78 is 18.2. The molecule has 0 bridgehead atoms. The molecule has 198 valence electrons. The summed E-state index contributed by atoms with van der Waals surface area (Å²) in [6.07, 6.45) is -0.0973. The Labute approximate surface area is 223 Å². The standard InChI is InChI=1S/C30H36ClNO5/c1-2-35-25-11-8-21(9-12-25)14-24-15-23(10-13-27(24)31)28-16-26(36-19-22-6-4-3-5-7-22)17-30(20-33,37-28)29(34)18-32/h3-13,15,26,28-29,33-34H,2,14,16-20,32H2,1H3/t26?,28?,29?,30-/m1/s1. The van der Waals surface area contributed by atoms with Gasteiger partial charge in [-0.1, -0.05) is 66.2 Å². The van der Waals surface area contributed by atoms with Gasteiger partial charge in [-0.3, -0.25) is 0 Å². The van der Waals surface area contributed by atoms with E-state index in [9.17, 15) is 10.2 Å². The van der Waals surface area contributed by atoms with E-state index in [2.05, 4.69) is 0 Å². The first-order chi connectivity index (χ1) is 18.0. The van der Waals surface area contributed by atoms with Gasteiger partial charge < -0.3 is 30.2 Å². The van der Waals surface area contributed by atoms with E-state index < -0.39 is 17.8 Å². The van der Waals surface area contributed by atoms with Crippen LogP contribution in [0.15, 0.2) is 72.8 Å². The van der Waals surface area contributed by atoms with E-state index in [1.807, 2.05) is 79.7 Å². The maximum atomic E-state index is 10.8. The molecule has 0 spiro atoms. The molecule has 7 heteroatoms. The molecule has 1 aliphatic heterocycles. The van der Waals surface area contributed by atoms with Crippen molar-refractivity contribution in [3.8, 4) is 5.75 Å². The summed E-state index contributed by atoms with van der Waals surface area (Å²) in [6, 6.07) is 23.8. The van der Waals surface area contributed by atoms with Crippen molar-refractivity contribution in [2.75, 3.05) is 19.8 Å². The van der Waals surface area contributed by atoms with Gasteiger partial charge in [0.1, 0.15) is 11.4 Å². The molecular weight excluding hydrogens is 490 g/mol. The fraction of sp³-hybridized carbons (Fsp3) is 0.400. The van der Waals surface area contributed by atoms with Gasteiger partial charge in [-0.2, -0.15) is 0 Å². The number of aliphatic hydroxyl groups excluding tert-OH is 2. The smallest absolute Gasteiger partial charge is 0.121 e. The third-order valence-electron chi connectivity index (χ3n) is 6.92. The van der Waals surface area contributed by atoms with Crippen LogP contribution in [-0.2, 0) is 22.5 Å². The van der Waals surface area contributed by atoms with E-state index in [1.54, 1.807) is 0 Å². The predicted molar refractivity (Wildman–Crippen MR) is 145 cm³/mol. The lowest BCUT2D eigenvalue weighted by atomic mass is 9.83. The second-order valence-corrected chi connectivity index (χ2v) is 9.95. The predicted octanol–water partition coefficient (Wildman–Crippen LogP) is 4.82. The number of benzene rings is 3. The van der Waals surface area contributed by atoms with Crippen LogP contribution in [0.3, 0.4) is 0 Å². The van der Waals surface area contributed by atoms with Gasteiger partial charge in [0.25, 0.3) is 0 Å². The summed E-state index contributed by atoms with van der Waals surface area (Å²) in [6.45, 7) is 2.63. The molecule has 1 heterocycles. The third kappa shape index (κ3) is 6.90. The molecule has 0 saturated carbocycles. The lowest BCUT2D eigenvalue weighted by Gasteiger charge is -2.46. The average molecular weight is 526 g/mol.